The second-order valence-electron chi connectivity index (χ2n) is 12.2. The van der Waals surface area contributed by atoms with Crippen LogP contribution >= 0.6 is 18.9 Å². The Morgan fingerprint density at radius 1 is 1.02 bits per heavy atom. The van der Waals surface area contributed by atoms with E-state index in [2.05, 4.69) is 10.6 Å². The lowest BCUT2D eigenvalue weighted by Gasteiger charge is -2.35. The van der Waals surface area contributed by atoms with Crippen LogP contribution in [0.2, 0.25) is 0 Å². The van der Waals surface area contributed by atoms with Crippen LogP contribution in [-0.2, 0) is 18.9 Å². The summed E-state index contributed by atoms with van der Waals surface area (Å²) in [6.07, 6.45) is 6.05. The highest BCUT2D eigenvalue weighted by atomic mass is 32.1. The number of likely N-dealkylation sites (tertiary alicyclic amines) is 1. The van der Waals surface area contributed by atoms with Crippen molar-refractivity contribution >= 4 is 52.8 Å². The van der Waals surface area contributed by atoms with Crippen LogP contribution in [0.5, 0.6) is 0 Å². The molecular formula is C29H36FN4O8PS. The SMILES string of the molecule is O=C(N[C@H]1CCCC[C@H]2CC[C@@H](C(=O)N[C@@H]3CCN(C(=O)OC4CC4)C3)N2C1=O)c1cc2cc(C(F)P(=O)(O)O)ccc2s1. The molecule has 1 aliphatic carbocycles. The second-order valence-corrected chi connectivity index (χ2v) is 14.9. The van der Waals surface area contributed by atoms with Crippen molar-refractivity contribution in [2.24, 2.45) is 0 Å². The molecule has 1 saturated carbocycles. The number of nitrogens with zero attached hydrogens (tertiary/aromatic N) is 2. The normalized spacial score (nSPS) is 26.6. The molecule has 4 aliphatic rings. The highest BCUT2D eigenvalue weighted by Gasteiger charge is 2.45. The third-order valence-electron chi connectivity index (χ3n) is 8.86. The number of thiophene rings is 1. The average molecular weight is 651 g/mol. The average Bonchev–Trinajstić information content (AvgIpc) is 3.35. The van der Waals surface area contributed by atoms with Crippen LogP contribution in [0.25, 0.3) is 10.1 Å². The number of hydrogen-bond acceptors (Lipinski definition) is 7. The molecule has 12 nitrogen and oxygen atoms in total. The van der Waals surface area contributed by atoms with E-state index in [-0.39, 0.29) is 46.5 Å². The zero-order chi connectivity index (χ0) is 31.2. The van der Waals surface area contributed by atoms with Gasteiger partial charge in [-0.3, -0.25) is 18.9 Å². The van der Waals surface area contributed by atoms with Crippen LogP contribution in [0, 0.1) is 0 Å². The summed E-state index contributed by atoms with van der Waals surface area (Å²) in [5.41, 5.74) is -0.182. The molecule has 2 aromatic rings. The molecule has 1 aromatic carbocycles. The Morgan fingerprint density at radius 3 is 2.55 bits per heavy atom. The van der Waals surface area contributed by atoms with E-state index in [0.29, 0.717) is 48.9 Å². The van der Waals surface area contributed by atoms with Gasteiger partial charge in [-0.15, -0.1) is 11.3 Å². The third kappa shape index (κ3) is 6.63. The lowest BCUT2D eigenvalue weighted by Crippen LogP contribution is -2.57. The van der Waals surface area contributed by atoms with Crippen molar-refractivity contribution in [2.75, 3.05) is 13.1 Å². The van der Waals surface area contributed by atoms with Crippen molar-refractivity contribution in [1.29, 1.82) is 0 Å². The maximum atomic E-state index is 14.2. The molecule has 0 bridgehead atoms. The van der Waals surface area contributed by atoms with Crippen LogP contribution < -0.4 is 10.6 Å². The first-order chi connectivity index (χ1) is 21.0. The van der Waals surface area contributed by atoms with Gasteiger partial charge in [-0.1, -0.05) is 18.9 Å². The van der Waals surface area contributed by atoms with Gasteiger partial charge in [0.1, 0.15) is 18.2 Å². The molecule has 5 atom stereocenters. The van der Waals surface area contributed by atoms with Crippen LogP contribution in [0.3, 0.4) is 0 Å². The molecule has 1 aromatic heterocycles. The largest absolute Gasteiger partial charge is 0.446 e. The highest BCUT2D eigenvalue weighted by Crippen LogP contribution is 2.53. The summed E-state index contributed by atoms with van der Waals surface area (Å²) < 4.78 is 31.6. The molecule has 1 unspecified atom stereocenters. The van der Waals surface area contributed by atoms with Crippen molar-refractivity contribution in [3.63, 3.8) is 0 Å². The van der Waals surface area contributed by atoms with Crippen LogP contribution in [0.15, 0.2) is 24.3 Å². The number of fused-ring (bicyclic) bond motifs is 2. The van der Waals surface area contributed by atoms with E-state index >= 15 is 0 Å². The van der Waals surface area contributed by atoms with Gasteiger partial charge in [0.25, 0.3) is 5.91 Å². The molecular weight excluding hydrogens is 614 g/mol. The first-order valence-corrected chi connectivity index (χ1v) is 17.6. The van der Waals surface area contributed by atoms with E-state index in [9.17, 15) is 37.9 Å². The van der Waals surface area contributed by atoms with Crippen LogP contribution in [-0.4, -0.2) is 86.8 Å². The Bertz CT molecular complexity index is 1510. The first kappa shape index (κ1) is 30.9. The number of ether oxygens (including phenoxy) is 1. The minimum absolute atomic E-state index is 0.00879. The summed E-state index contributed by atoms with van der Waals surface area (Å²) in [4.78, 5) is 74.9. The van der Waals surface area contributed by atoms with Gasteiger partial charge in [0.05, 0.1) is 4.88 Å². The summed E-state index contributed by atoms with van der Waals surface area (Å²) in [5.74, 6) is -3.51. The number of hydrogen-bond donors (Lipinski definition) is 4. The van der Waals surface area contributed by atoms with E-state index in [1.54, 1.807) is 9.80 Å². The van der Waals surface area contributed by atoms with Crippen molar-refractivity contribution in [3.8, 4) is 0 Å². The molecule has 3 aliphatic heterocycles. The van der Waals surface area contributed by atoms with Gasteiger partial charge in [-0.25, -0.2) is 9.18 Å². The monoisotopic (exact) mass is 650 g/mol. The molecule has 3 saturated heterocycles. The van der Waals surface area contributed by atoms with E-state index < -0.39 is 31.5 Å². The second kappa shape index (κ2) is 12.4. The maximum Gasteiger partial charge on any atom is 0.410 e. The number of nitrogens with one attached hydrogen (secondary N) is 2. The number of carbonyl (C=O) groups is 4. The maximum absolute atomic E-state index is 14.2. The van der Waals surface area contributed by atoms with Gasteiger partial charge < -0.3 is 35.0 Å². The number of halogens is 1. The predicted octanol–water partition coefficient (Wildman–Crippen LogP) is 3.57. The zero-order valence-electron chi connectivity index (χ0n) is 24.0. The van der Waals surface area contributed by atoms with Crippen LogP contribution in [0.4, 0.5) is 9.18 Å². The third-order valence-corrected chi connectivity index (χ3v) is 10.9. The summed E-state index contributed by atoms with van der Waals surface area (Å²) in [6.45, 7) is 0.861. The van der Waals surface area contributed by atoms with Gasteiger partial charge in [0.2, 0.25) is 17.7 Å². The first-order valence-electron chi connectivity index (χ1n) is 15.1. The molecule has 4 amide bonds. The van der Waals surface area contributed by atoms with E-state index in [1.807, 2.05) is 0 Å². The van der Waals surface area contributed by atoms with Gasteiger partial charge in [-0.2, -0.15) is 0 Å². The molecule has 6 rings (SSSR count). The summed E-state index contributed by atoms with van der Waals surface area (Å²) in [6, 6.07) is 3.79. The lowest BCUT2D eigenvalue weighted by atomic mass is 9.99. The van der Waals surface area contributed by atoms with E-state index in [0.717, 1.165) is 43.4 Å². The molecule has 44 heavy (non-hydrogen) atoms. The number of benzene rings is 1. The van der Waals surface area contributed by atoms with E-state index in [1.165, 1.54) is 24.3 Å². The fourth-order valence-corrected chi connectivity index (χ4v) is 7.91. The minimum Gasteiger partial charge on any atom is -0.446 e. The van der Waals surface area contributed by atoms with Crippen molar-refractivity contribution in [3.05, 3.63) is 34.7 Å². The molecule has 4 N–H and O–H groups in total. The number of alkyl halides is 1. The lowest BCUT2D eigenvalue weighted by molar-refractivity contribution is -0.142. The molecule has 15 heteroatoms. The Labute approximate surface area is 257 Å². The Morgan fingerprint density at radius 2 is 1.80 bits per heavy atom. The Hall–Kier alpha value is -3.06. The summed E-state index contributed by atoms with van der Waals surface area (Å²) >= 11 is 1.13. The van der Waals surface area contributed by atoms with Crippen molar-refractivity contribution in [1.82, 2.24) is 20.4 Å². The van der Waals surface area contributed by atoms with Gasteiger partial charge in [0.15, 0.2) is 0 Å². The van der Waals surface area contributed by atoms with Crippen LogP contribution in [0.1, 0.15) is 78.9 Å². The highest BCUT2D eigenvalue weighted by molar-refractivity contribution is 7.51. The molecule has 4 heterocycles. The fourth-order valence-electron chi connectivity index (χ4n) is 6.41. The van der Waals surface area contributed by atoms with Crippen molar-refractivity contribution in [2.45, 2.75) is 94.0 Å². The van der Waals surface area contributed by atoms with E-state index in [4.69, 9.17) is 4.74 Å². The van der Waals surface area contributed by atoms with Crippen molar-refractivity contribution < 1.29 is 42.7 Å². The van der Waals surface area contributed by atoms with Gasteiger partial charge in [-0.05, 0) is 74.1 Å². The van der Waals surface area contributed by atoms with Gasteiger partial charge >= 0.3 is 13.7 Å². The quantitative estimate of drug-likeness (QED) is 0.330. The fraction of sp³-hybridized carbons (Fsp3) is 0.586. The number of carbonyl (C=O) groups excluding carboxylic acids is 4. The molecule has 4 fully saturated rings. The van der Waals surface area contributed by atoms with Gasteiger partial charge in [0, 0.05) is 29.9 Å². The molecule has 0 spiro atoms. The summed E-state index contributed by atoms with van der Waals surface area (Å²) in [7, 11) is -4.98. The smallest absolute Gasteiger partial charge is 0.410 e. The standard InChI is InChI=1S/C29H36FN4O8PS/c30-25(43(39,40)41)16-5-10-23-17(13-16)14-24(44-23)27(36)32-21-4-2-1-3-19-6-9-22(34(19)28(21)37)26(35)31-18-11-12-33(15-18)29(38)42-20-7-8-20/h5,10,13-14,18-22,25H,1-4,6-9,11-12,15H2,(H,31,35)(H,32,36)(H2,39,40,41)/t18-,19+,21+,22+,25?/m1/s1. The topological polar surface area (TPSA) is 166 Å². The summed E-state index contributed by atoms with van der Waals surface area (Å²) in [5, 5.41) is 6.35. The Balaban J connectivity index is 1.11. The minimum atomic E-state index is -4.98. The Kier molecular flexibility index (Phi) is 8.71. The zero-order valence-corrected chi connectivity index (χ0v) is 25.7. The number of amides is 4. The number of rotatable bonds is 7. The molecule has 0 radical (unpaired) electrons. The predicted molar refractivity (Wildman–Crippen MR) is 159 cm³/mol. The molecule has 238 valence electrons.